The maximum absolute atomic E-state index is 13.6. The molecule has 2 rings (SSSR count). The lowest BCUT2D eigenvalue weighted by Crippen LogP contribution is -2.44. The average Bonchev–Trinajstić information content (AvgIpc) is 2.26. The van der Waals surface area contributed by atoms with Gasteiger partial charge in [0.15, 0.2) is 0 Å². The summed E-state index contributed by atoms with van der Waals surface area (Å²) in [5.41, 5.74) is -0.174. The molecule has 1 aliphatic heterocycles. The molecule has 1 aromatic carbocycles. The molecule has 86 valence electrons. The van der Waals surface area contributed by atoms with Crippen molar-refractivity contribution < 1.29 is 13.6 Å². The molecule has 0 saturated carbocycles. The van der Waals surface area contributed by atoms with Gasteiger partial charge in [0.1, 0.15) is 11.6 Å². The standard InChI is InChI=1S/C12H13F2NO/c1-12(5-4-11(16)15-7-12)9-6-8(13)2-3-10(9)14/h2-3,6H,4-5,7H2,1H3,(H,15,16). The lowest BCUT2D eigenvalue weighted by atomic mass is 9.76. The van der Waals surface area contributed by atoms with E-state index in [9.17, 15) is 13.6 Å². The van der Waals surface area contributed by atoms with Gasteiger partial charge in [0.2, 0.25) is 5.91 Å². The number of carbonyl (C=O) groups is 1. The first-order valence-corrected chi connectivity index (χ1v) is 5.23. The van der Waals surface area contributed by atoms with E-state index in [1.807, 2.05) is 6.92 Å². The molecule has 1 N–H and O–H groups in total. The molecule has 1 heterocycles. The van der Waals surface area contributed by atoms with Gasteiger partial charge in [-0.3, -0.25) is 4.79 Å². The SMILES string of the molecule is CC1(c2cc(F)ccc2F)CCC(=O)NC1. The fraction of sp³-hybridized carbons (Fsp3) is 0.417. The first-order chi connectivity index (χ1) is 7.51. The van der Waals surface area contributed by atoms with E-state index in [0.717, 1.165) is 12.1 Å². The zero-order valence-corrected chi connectivity index (χ0v) is 9.02. The van der Waals surface area contributed by atoms with Gasteiger partial charge in [0.25, 0.3) is 0 Å². The molecule has 1 amide bonds. The Bertz CT molecular complexity index is 421. The monoisotopic (exact) mass is 225 g/mol. The van der Waals surface area contributed by atoms with E-state index in [4.69, 9.17) is 0 Å². The number of nitrogens with one attached hydrogen (secondary N) is 1. The fourth-order valence-corrected chi connectivity index (χ4v) is 2.05. The maximum atomic E-state index is 13.6. The second-order valence-corrected chi connectivity index (χ2v) is 4.46. The molecule has 0 aliphatic carbocycles. The summed E-state index contributed by atoms with van der Waals surface area (Å²) in [7, 11) is 0. The van der Waals surface area contributed by atoms with Crippen LogP contribution in [0.4, 0.5) is 8.78 Å². The Morgan fingerprint density at radius 3 is 2.75 bits per heavy atom. The zero-order chi connectivity index (χ0) is 11.8. The third-order valence-electron chi connectivity index (χ3n) is 3.16. The van der Waals surface area contributed by atoms with Gasteiger partial charge >= 0.3 is 0 Å². The molecule has 1 unspecified atom stereocenters. The van der Waals surface area contributed by atoms with Crippen molar-refractivity contribution in [2.24, 2.45) is 0 Å². The molecule has 0 radical (unpaired) electrons. The summed E-state index contributed by atoms with van der Waals surface area (Å²) in [6.45, 7) is 2.19. The van der Waals surface area contributed by atoms with Gasteiger partial charge in [-0.2, -0.15) is 0 Å². The van der Waals surface area contributed by atoms with Crippen LogP contribution in [0.5, 0.6) is 0 Å². The van der Waals surface area contributed by atoms with Crippen molar-refractivity contribution in [3.8, 4) is 0 Å². The first-order valence-electron chi connectivity index (χ1n) is 5.23. The molecule has 1 fully saturated rings. The minimum Gasteiger partial charge on any atom is -0.355 e. The van der Waals surface area contributed by atoms with Gasteiger partial charge in [-0.15, -0.1) is 0 Å². The number of hydrogen-bond acceptors (Lipinski definition) is 1. The maximum Gasteiger partial charge on any atom is 0.220 e. The van der Waals surface area contributed by atoms with Gasteiger partial charge in [-0.1, -0.05) is 6.92 Å². The topological polar surface area (TPSA) is 29.1 Å². The second kappa shape index (κ2) is 3.85. The molecule has 0 bridgehead atoms. The van der Waals surface area contributed by atoms with E-state index < -0.39 is 17.0 Å². The molecular weight excluding hydrogens is 212 g/mol. The van der Waals surface area contributed by atoms with Crippen molar-refractivity contribution in [1.82, 2.24) is 5.32 Å². The predicted octanol–water partition coefficient (Wildman–Crippen LogP) is 2.13. The van der Waals surface area contributed by atoms with Crippen LogP contribution in [-0.4, -0.2) is 12.5 Å². The lowest BCUT2D eigenvalue weighted by Gasteiger charge is -2.34. The lowest BCUT2D eigenvalue weighted by molar-refractivity contribution is -0.123. The highest BCUT2D eigenvalue weighted by Gasteiger charge is 2.34. The molecule has 4 heteroatoms. The smallest absolute Gasteiger partial charge is 0.220 e. The van der Waals surface area contributed by atoms with Gasteiger partial charge in [-0.25, -0.2) is 8.78 Å². The van der Waals surface area contributed by atoms with Crippen LogP contribution in [0.25, 0.3) is 0 Å². The molecular formula is C12H13F2NO. The molecule has 0 aromatic heterocycles. The number of rotatable bonds is 1. The minimum absolute atomic E-state index is 0.0331. The third-order valence-corrected chi connectivity index (χ3v) is 3.16. The van der Waals surface area contributed by atoms with Crippen molar-refractivity contribution in [2.75, 3.05) is 6.54 Å². The minimum atomic E-state index is -0.514. The summed E-state index contributed by atoms with van der Waals surface area (Å²) in [5.74, 6) is -0.899. The van der Waals surface area contributed by atoms with Crippen LogP contribution in [-0.2, 0) is 10.2 Å². The molecule has 16 heavy (non-hydrogen) atoms. The molecule has 1 saturated heterocycles. The largest absolute Gasteiger partial charge is 0.355 e. The number of carbonyl (C=O) groups excluding carboxylic acids is 1. The van der Waals surface area contributed by atoms with Crippen molar-refractivity contribution >= 4 is 5.91 Å². The Morgan fingerprint density at radius 2 is 2.12 bits per heavy atom. The quantitative estimate of drug-likeness (QED) is 0.779. The van der Waals surface area contributed by atoms with E-state index >= 15 is 0 Å². The highest BCUT2D eigenvalue weighted by Crippen LogP contribution is 2.32. The van der Waals surface area contributed by atoms with E-state index in [0.29, 0.717) is 24.9 Å². The number of hydrogen-bond donors (Lipinski definition) is 1. The van der Waals surface area contributed by atoms with Gasteiger partial charge < -0.3 is 5.32 Å². The Balaban J connectivity index is 2.35. The number of benzene rings is 1. The summed E-state index contributed by atoms with van der Waals surface area (Å²) in [6.07, 6.45) is 0.895. The average molecular weight is 225 g/mol. The molecule has 1 aliphatic rings. The third kappa shape index (κ3) is 1.92. The van der Waals surface area contributed by atoms with Crippen molar-refractivity contribution in [3.63, 3.8) is 0 Å². The summed E-state index contributed by atoms with van der Waals surface area (Å²) < 4.78 is 26.7. The van der Waals surface area contributed by atoms with E-state index in [1.165, 1.54) is 6.07 Å². The number of piperidine rings is 1. The second-order valence-electron chi connectivity index (χ2n) is 4.46. The highest BCUT2D eigenvalue weighted by molar-refractivity contribution is 5.77. The van der Waals surface area contributed by atoms with Crippen molar-refractivity contribution in [1.29, 1.82) is 0 Å². The van der Waals surface area contributed by atoms with E-state index in [2.05, 4.69) is 5.32 Å². The van der Waals surface area contributed by atoms with Crippen LogP contribution in [0.1, 0.15) is 25.3 Å². The van der Waals surface area contributed by atoms with Crippen LogP contribution < -0.4 is 5.32 Å². The van der Waals surface area contributed by atoms with Crippen LogP contribution >= 0.6 is 0 Å². The van der Waals surface area contributed by atoms with Crippen LogP contribution in [0, 0.1) is 11.6 Å². The Hall–Kier alpha value is -1.45. The van der Waals surface area contributed by atoms with Crippen LogP contribution in [0.15, 0.2) is 18.2 Å². The van der Waals surface area contributed by atoms with Gasteiger partial charge in [0, 0.05) is 18.4 Å². The predicted molar refractivity (Wildman–Crippen MR) is 56.0 cm³/mol. The number of halogens is 2. The zero-order valence-electron chi connectivity index (χ0n) is 9.02. The van der Waals surface area contributed by atoms with E-state index in [-0.39, 0.29) is 5.91 Å². The van der Waals surface area contributed by atoms with Crippen LogP contribution in [0.2, 0.25) is 0 Å². The first kappa shape index (κ1) is 11.0. The van der Waals surface area contributed by atoms with E-state index in [1.54, 1.807) is 0 Å². The van der Waals surface area contributed by atoms with Gasteiger partial charge in [-0.05, 0) is 30.2 Å². The number of amides is 1. The van der Waals surface area contributed by atoms with Crippen molar-refractivity contribution in [3.05, 3.63) is 35.4 Å². The summed E-state index contributed by atoms with van der Waals surface area (Å²) in [6, 6.07) is 3.45. The molecule has 2 nitrogen and oxygen atoms in total. The summed E-state index contributed by atoms with van der Waals surface area (Å²) >= 11 is 0. The van der Waals surface area contributed by atoms with Crippen molar-refractivity contribution in [2.45, 2.75) is 25.2 Å². The summed E-state index contributed by atoms with van der Waals surface area (Å²) in [4.78, 5) is 11.1. The summed E-state index contributed by atoms with van der Waals surface area (Å²) in [5, 5.41) is 2.69. The van der Waals surface area contributed by atoms with Gasteiger partial charge in [0.05, 0.1) is 0 Å². The highest BCUT2D eigenvalue weighted by atomic mass is 19.1. The Morgan fingerprint density at radius 1 is 1.38 bits per heavy atom. The molecule has 1 aromatic rings. The normalized spacial score (nSPS) is 25.3. The molecule has 0 spiro atoms. The Kier molecular flexibility index (Phi) is 2.66. The fourth-order valence-electron chi connectivity index (χ4n) is 2.05. The van der Waals surface area contributed by atoms with Crippen LogP contribution in [0.3, 0.4) is 0 Å². The molecule has 1 atom stereocenters. The Labute approximate surface area is 92.7 Å².